The van der Waals surface area contributed by atoms with Gasteiger partial charge in [-0.25, -0.2) is 14.3 Å². The van der Waals surface area contributed by atoms with Crippen LogP contribution in [0.2, 0.25) is 0 Å². The zero-order chi connectivity index (χ0) is 40.8. The molecule has 2 heterocycles. The van der Waals surface area contributed by atoms with E-state index < -0.39 is 31.1 Å². The first kappa shape index (κ1) is 46.7. The quantitative estimate of drug-likeness (QED) is 0.0234. The molecule has 6 N–H and O–H groups in total. The standard InChI is InChI=1S/C38H50N6O9S2.Na/c1-37(2)28-24-26(54(48,49)50)19-21-30(28)43(5)32(37)14-8-6-9-15-33-38(3,4)29-25-27(55(51,52)53)20-22-31(29)44(33)23-13-7-10-17-35(46)41-42-36(47)18-12-11-16-34(45)40-39;/h6,8-9,14-15,19-22,24-25H,7,10-13,16-18,23,39H2,1-5H3,(H4-,40,41,42,45,46,47,48,49,50,51,52,53);/q;+1. The van der Waals surface area contributed by atoms with Crippen molar-refractivity contribution in [1.82, 2.24) is 16.3 Å². The molecule has 18 heteroatoms. The Morgan fingerprint density at radius 2 is 1.38 bits per heavy atom. The fourth-order valence-corrected chi connectivity index (χ4v) is 8.03. The molecular weight excluding hydrogens is 772 g/mol. The molecule has 298 valence electrons. The number of nitrogens with two attached hydrogens (primary N) is 1. The molecule has 0 aliphatic carbocycles. The van der Waals surface area contributed by atoms with Crippen LogP contribution in [0, 0.1) is 0 Å². The number of amides is 3. The number of fused-ring (bicyclic) bond motifs is 2. The number of hydrogen-bond donors (Lipinski definition) is 5. The van der Waals surface area contributed by atoms with Gasteiger partial charge in [0.1, 0.15) is 17.2 Å². The molecule has 0 saturated heterocycles. The van der Waals surface area contributed by atoms with Crippen LogP contribution in [0.25, 0.3) is 0 Å². The van der Waals surface area contributed by atoms with Gasteiger partial charge in [-0.1, -0.05) is 38.5 Å². The minimum absolute atomic E-state index is 0. The maximum atomic E-state index is 12.3. The number of allylic oxidation sites excluding steroid dienone is 6. The summed E-state index contributed by atoms with van der Waals surface area (Å²) in [5.74, 6) is 4.04. The van der Waals surface area contributed by atoms with E-state index in [1.165, 1.54) is 24.3 Å². The molecule has 2 aliphatic heterocycles. The number of hydrazine groups is 2. The number of hydrogen-bond acceptors (Lipinski definition) is 10. The third-order valence-electron chi connectivity index (χ3n) is 10.0. The van der Waals surface area contributed by atoms with E-state index in [9.17, 15) is 40.3 Å². The number of anilines is 1. The molecule has 15 nitrogen and oxygen atoms in total. The first-order chi connectivity index (χ1) is 25.7. The van der Waals surface area contributed by atoms with Crippen LogP contribution in [-0.2, 0) is 45.4 Å². The van der Waals surface area contributed by atoms with Crippen molar-refractivity contribution in [3.05, 3.63) is 83.6 Å². The van der Waals surface area contributed by atoms with Crippen LogP contribution in [0.3, 0.4) is 0 Å². The maximum Gasteiger partial charge on any atom is 1.00 e. The monoisotopic (exact) mass is 821 g/mol. The number of carbonyl (C=O) groups is 3. The molecule has 4 rings (SSSR count). The van der Waals surface area contributed by atoms with Crippen molar-refractivity contribution in [3.8, 4) is 0 Å². The third kappa shape index (κ3) is 11.2. The van der Waals surface area contributed by atoms with Gasteiger partial charge in [-0.05, 0) is 81.5 Å². The zero-order valence-corrected chi connectivity index (χ0v) is 36.3. The molecule has 2 aromatic carbocycles. The zero-order valence-electron chi connectivity index (χ0n) is 32.7. The van der Waals surface area contributed by atoms with Gasteiger partial charge in [0.15, 0.2) is 5.71 Å². The van der Waals surface area contributed by atoms with E-state index in [1.54, 1.807) is 12.1 Å². The number of nitrogens with zero attached hydrogens (tertiary/aromatic N) is 2. The molecule has 3 amide bonds. The van der Waals surface area contributed by atoms with Gasteiger partial charge in [0.2, 0.25) is 23.4 Å². The average Bonchev–Trinajstić information content (AvgIpc) is 3.44. The van der Waals surface area contributed by atoms with E-state index >= 15 is 0 Å². The molecule has 0 saturated carbocycles. The summed E-state index contributed by atoms with van der Waals surface area (Å²) in [6.07, 6.45) is 12.9. The fraction of sp³-hybridized carbons (Fsp3) is 0.421. The Morgan fingerprint density at radius 1 is 0.804 bits per heavy atom. The van der Waals surface area contributed by atoms with Crippen LogP contribution in [-0.4, -0.2) is 67.5 Å². The summed E-state index contributed by atoms with van der Waals surface area (Å²) in [6.45, 7) is 8.42. The smallest absolute Gasteiger partial charge is 0.744 e. The van der Waals surface area contributed by atoms with Gasteiger partial charge in [0.25, 0.3) is 10.1 Å². The Hall–Kier alpha value is -3.68. The SMILES string of the molecule is C[N+]1=C(C=CC=CC=C2N(CCCCCC(=O)NNC(=O)CCCCC(=O)NN)c3ccc(S(=O)(=O)[O-])cc3C2(C)C)C(C)(C)c2cc(S(=O)(=O)O)ccc21.[Na+]. The van der Waals surface area contributed by atoms with Gasteiger partial charge in [-0.2, -0.15) is 13.0 Å². The Kier molecular flexibility index (Phi) is 16.0. The topological polar surface area (TPSA) is 231 Å². The Morgan fingerprint density at radius 3 is 1.96 bits per heavy atom. The summed E-state index contributed by atoms with van der Waals surface area (Å²) in [7, 11) is -7.15. The fourth-order valence-electron chi connectivity index (χ4n) is 7.02. The van der Waals surface area contributed by atoms with Gasteiger partial charge < -0.3 is 9.45 Å². The minimum atomic E-state index is -4.68. The second-order valence-corrected chi connectivity index (χ2v) is 17.4. The Bertz CT molecular complexity index is 2180. The third-order valence-corrected chi connectivity index (χ3v) is 11.7. The normalized spacial score (nSPS) is 16.6. The van der Waals surface area contributed by atoms with Gasteiger partial charge in [0, 0.05) is 60.3 Å². The summed E-state index contributed by atoms with van der Waals surface area (Å²) in [6, 6.07) is 8.94. The molecule has 0 atom stereocenters. The molecule has 0 spiro atoms. The molecule has 0 unspecified atom stereocenters. The predicted octanol–water partition coefficient (Wildman–Crippen LogP) is 0.900. The number of carbonyl (C=O) groups excluding carboxylic acids is 3. The predicted molar refractivity (Wildman–Crippen MR) is 207 cm³/mol. The van der Waals surface area contributed by atoms with E-state index in [2.05, 4.69) is 15.8 Å². The van der Waals surface area contributed by atoms with Crippen molar-refractivity contribution in [3.63, 3.8) is 0 Å². The van der Waals surface area contributed by atoms with Crippen molar-refractivity contribution in [2.75, 3.05) is 18.5 Å². The van der Waals surface area contributed by atoms with E-state index in [4.69, 9.17) is 5.84 Å². The summed E-state index contributed by atoms with van der Waals surface area (Å²) >= 11 is 0. The summed E-state index contributed by atoms with van der Waals surface area (Å²) in [5.41, 5.74) is 10.5. The van der Waals surface area contributed by atoms with Crippen LogP contribution in [0.4, 0.5) is 11.4 Å². The molecule has 0 aromatic heterocycles. The van der Waals surface area contributed by atoms with Crippen LogP contribution in [0.5, 0.6) is 0 Å². The van der Waals surface area contributed by atoms with Crippen molar-refractivity contribution in [1.29, 1.82) is 0 Å². The molecule has 0 fully saturated rings. The van der Waals surface area contributed by atoms with Gasteiger partial charge >= 0.3 is 29.6 Å². The summed E-state index contributed by atoms with van der Waals surface area (Å²) in [4.78, 5) is 37.1. The van der Waals surface area contributed by atoms with Crippen LogP contribution >= 0.6 is 0 Å². The maximum absolute atomic E-state index is 12.3. The average molecular weight is 822 g/mol. The van der Waals surface area contributed by atoms with Crippen LogP contribution in [0.15, 0.2) is 82.3 Å². The van der Waals surface area contributed by atoms with Crippen molar-refractivity contribution in [2.45, 2.75) is 99.7 Å². The van der Waals surface area contributed by atoms with Crippen molar-refractivity contribution >= 4 is 55.0 Å². The number of rotatable bonds is 16. The van der Waals surface area contributed by atoms with Gasteiger partial charge in [-0.15, -0.1) is 0 Å². The van der Waals surface area contributed by atoms with Crippen molar-refractivity contribution in [2.24, 2.45) is 5.84 Å². The molecule has 2 aromatic rings. The van der Waals surface area contributed by atoms with Crippen molar-refractivity contribution < 1.29 is 74.5 Å². The number of nitrogens with one attached hydrogen (secondary N) is 3. The second-order valence-electron chi connectivity index (χ2n) is 14.6. The van der Waals surface area contributed by atoms with E-state index in [0.717, 1.165) is 28.3 Å². The number of benzene rings is 2. The van der Waals surface area contributed by atoms with Gasteiger partial charge in [0.05, 0.1) is 15.2 Å². The van der Waals surface area contributed by atoms with E-state index in [0.29, 0.717) is 44.2 Å². The first-order valence-electron chi connectivity index (χ1n) is 17.9. The molecule has 56 heavy (non-hydrogen) atoms. The first-order valence-corrected chi connectivity index (χ1v) is 20.8. The van der Waals surface area contributed by atoms with E-state index in [-0.39, 0.29) is 76.3 Å². The molecule has 0 radical (unpaired) electrons. The van der Waals surface area contributed by atoms with Crippen LogP contribution < -0.4 is 56.6 Å². The summed E-state index contributed by atoms with van der Waals surface area (Å²) in [5, 5.41) is 0. The molecular formula is C38H50N6NaO9S2+. The van der Waals surface area contributed by atoms with E-state index in [1.807, 2.05) is 75.1 Å². The Labute approximate surface area is 351 Å². The molecule has 0 bridgehead atoms. The van der Waals surface area contributed by atoms with Gasteiger partial charge in [-0.3, -0.25) is 35.2 Å². The minimum Gasteiger partial charge on any atom is -0.744 e. The number of unbranched alkanes of at least 4 members (excludes halogenated alkanes) is 3. The molecule has 2 aliphatic rings. The summed E-state index contributed by atoms with van der Waals surface area (Å²) < 4.78 is 70.9. The van der Waals surface area contributed by atoms with Crippen LogP contribution in [0.1, 0.15) is 90.2 Å². The Balaban J connectivity index is 0.00000841. The second kappa shape index (κ2) is 19.2. The largest absolute Gasteiger partial charge is 1.00 e.